The molecular weight excluding hydrogens is 284 g/mol. The molecule has 2 saturated carbocycles. The highest BCUT2D eigenvalue weighted by molar-refractivity contribution is 7.89. The van der Waals surface area contributed by atoms with Crippen LogP contribution in [0.4, 0.5) is 5.69 Å². The Morgan fingerprint density at radius 1 is 1.37 bits per heavy atom. The van der Waals surface area contributed by atoms with Gasteiger partial charge in [-0.3, -0.25) is 0 Å². The van der Waals surface area contributed by atoms with Crippen LogP contribution in [0.5, 0.6) is 0 Å². The lowest BCUT2D eigenvalue weighted by atomic mass is 10.0. The Morgan fingerprint density at radius 3 is 2.63 bits per heavy atom. The third kappa shape index (κ3) is 2.59. The number of benzene rings is 1. The van der Waals surface area contributed by atoms with E-state index in [4.69, 9.17) is 17.3 Å². The molecule has 1 aromatic carbocycles. The highest BCUT2D eigenvalue weighted by Crippen LogP contribution is 2.60. The van der Waals surface area contributed by atoms with Crippen molar-refractivity contribution in [2.75, 3.05) is 12.3 Å². The molecule has 1 aromatic rings. The Balaban J connectivity index is 1.77. The zero-order chi connectivity index (χ0) is 13.7. The Hall–Kier alpha value is -0.780. The first-order valence-corrected chi connectivity index (χ1v) is 8.34. The van der Waals surface area contributed by atoms with Gasteiger partial charge in [0.1, 0.15) is 4.90 Å². The molecule has 2 aliphatic rings. The van der Waals surface area contributed by atoms with Gasteiger partial charge in [0.2, 0.25) is 10.0 Å². The van der Waals surface area contributed by atoms with Crippen molar-refractivity contribution in [3.63, 3.8) is 0 Å². The maximum atomic E-state index is 12.3. The van der Waals surface area contributed by atoms with Gasteiger partial charge in [-0.1, -0.05) is 11.6 Å². The van der Waals surface area contributed by atoms with E-state index in [2.05, 4.69) is 4.72 Å². The fourth-order valence-electron chi connectivity index (χ4n) is 2.63. The number of hydrogen-bond acceptors (Lipinski definition) is 3. The molecule has 0 spiro atoms. The molecule has 0 radical (unpaired) electrons. The lowest BCUT2D eigenvalue weighted by Crippen LogP contribution is -2.31. The van der Waals surface area contributed by atoms with Crippen LogP contribution in [0.15, 0.2) is 23.1 Å². The molecule has 0 aromatic heterocycles. The second-order valence-electron chi connectivity index (χ2n) is 5.65. The van der Waals surface area contributed by atoms with E-state index >= 15 is 0 Å². The van der Waals surface area contributed by atoms with Crippen molar-refractivity contribution in [3.05, 3.63) is 23.2 Å². The van der Waals surface area contributed by atoms with E-state index in [0.717, 1.165) is 12.8 Å². The summed E-state index contributed by atoms with van der Waals surface area (Å²) in [7, 11) is -3.57. The van der Waals surface area contributed by atoms with E-state index < -0.39 is 10.0 Å². The molecule has 6 heteroatoms. The number of rotatable bonds is 5. The summed E-state index contributed by atoms with van der Waals surface area (Å²) >= 11 is 5.95. The quantitative estimate of drug-likeness (QED) is 0.820. The third-order valence-corrected chi connectivity index (χ3v) is 6.08. The Kier molecular flexibility index (Phi) is 3.04. The summed E-state index contributed by atoms with van der Waals surface area (Å²) in [6.45, 7) is 0.519. The molecule has 2 aliphatic carbocycles. The van der Waals surface area contributed by atoms with E-state index in [9.17, 15) is 8.42 Å². The van der Waals surface area contributed by atoms with E-state index in [-0.39, 0.29) is 15.3 Å². The van der Waals surface area contributed by atoms with Gasteiger partial charge in [0.25, 0.3) is 0 Å². The van der Waals surface area contributed by atoms with Gasteiger partial charge in [0, 0.05) is 12.2 Å². The second kappa shape index (κ2) is 4.36. The van der Waals surface area contributed by atoms with Gasteiger partial charge in [-0.05, 0) is 55.2 Å². The number of sulfonamides is 1. The Morgan fingerprint density at radius 2 is 2.05 bits per heavy atom. The van der Waals surface area contributed by atoms with Crippen LogP contribution in [0.1, 0.15) is 25.7 Å². The van der Waals surface area contributed by atoms with Gasteiger partial charge in [-0.25, -0.2) is 13.1 Å². The standard InChI is InChI=1S/C13H17ClN2O2S/c14-11-4-3-10(15)7-12(11)19(17,18)16-8-13(5-6-13)9-1-2-9/h3-4,7,9,16H,1-2,5-6,8,15H2. The number of halogens is 1. The topological polar surface area (TPSA) is 72.2 Å². The van der Waals surface area contributed by atoms with Crippen LogP contribution in [-0.4, -0.2) is 15.0 Å². The molecule has 0 aliphatic heterocycles. The molecule has 3 rings (SSSR count). The molecule has 4 nitrogen and oxygen atoms in total. The third-order valence-electron chi connectivity index (χ3n) is 4.19. The average molecular weight is 301 g/mol. The highest BCUT2D eigenvalue weighted by Gasteiger charge is 2.53. The first kappa shape index (κ1) is 13.2. The maximum Gasteiger partial charge on any atom is 0.242 e. The van der Waals surface area contributed by atoms with Crippen LogP contribution in [-0.2, 0) is 10.0 Å². The average Bonchev–Trinajstić information content (AvgIpc) is 3.22. The smallest absolute Gasteiger partial charge is 0.242 e. The molecule has 2 fully saturated rings. The van der Waals surface area contributed by atoms with Crippen LogP contribution in [0.2, 0.25) is 5.02 Å². The molecule has 0 saturated heterocycles. The number of anilines is 1. The van der Waals surface area contributed by atoms with E-state index in [0.29, 0.717) is 18.2 Å². The summed E-state index contributed by atoms with van der Waals surface area (Å²) in [5.41, 5.74) is 6.24. The molecule has 104 valence electrons. The fraction of sp³-hybridized carbons (Fsp3) is 0.538. The predicted molar refractivity (Wildman–Crippen MR) is 75.4 cm³/mol. The summed E-state index contributed by atoms with van der Waals surface area (Å²) in [4.78, 5) is 0.0702. The number of nitrogens with one attached hydrogen (secondary N) is 1. The lowest BCUT2D eigenvalue weighted by molar-refractivity contribution is 0.432. The minimum atomic E-state index is -3.57. The van der Waals surface area contributed by atoms with Crippen LogP contribution in [0.3, 0.4) is 0 Å². The number of hydrogen-bond donors (Lipinski definition) is 2. The van der Waals surface area contributed by atoms with Gasteiger partial charge in [0.15, 0.2) is 0 Å². The minimum absolute atomic E-state index is 0.0702. The normalized spacial score (nSPS) is 21.3. The van der Waals surface area contributed by atoms with Crippen molar-refractivity contribution >= 4 is 27.3 Å². The monoisotopic (exact) mass is 300 g/mol. The van der Waals surface area contributed by atoms with Gasteiger partial charge in [-0.2, -0.15) is 0 Å². The number of nitrogens with two attached hydrogens (primary N) is 1. The van der Waals surface area contributed by atoms with Crippen molar-refractivity contribution in [2.24, 2.45) is 11.3 Å². The van der Waals surface area contributed by atoms with E-state index in [1.165, 1.54) is 25.0 Å². The SMILES string of the molecule is Nc1ccc(Cl)c(S(=O)(=O)NCC2(C3CC3)CC2)c1. The van der Waals surface area contributed by atoms with Crippen molar-refractivity contribution < 1.29 is 8.42 Å². The van der Waals surface area contributed by atoms with Crippen molar-refractivity contribution in [3.8, 4) is 0 Å². The van der Waals surface area contributed by atoms with E-state index in [1.54, 1.807) is 6.07 Å². The Bertz CT molecular complexity index is 607. The van der Waals surface area contributed by atoms with Crippen LogP contribution in [0, 0.1) is 11.3 Å². The summed E-state index contributed by atoms with van der Waals surface area (Å²) in [5, 5.41) is 0.206. The zero-order valence-corrected chi connectivity index (χ0v) is 12.1. The predicted octanol–water partition coefficient (Wildman–Crippen LogP) is 2.39. The summed E-state index contributed by atoms with van der Waals surface area (Å²) in [6.07, 6.45) is 4.73. The van der Waals surface area contributed by atoms with Crippen LogP contribution < -0.4 is 10.5 Å². The molecule has 0 amide bonds. The first-order chi connectivity index (χ1) is 8.93. The molecule has 3 N–H and O–H groups in total. The first-order valence-electron chi connectivity index (χ1n) is 6.48. The largest absolute Gasteiger partial charge is 0.399 e. The minimum Gasteiger partial charge on any atom is -0.399 e. The molecule has 19 heavy (non-hydrogen) atoms. The van der Waals surface area contributed by atoms with Gasteiger partial charge >= 0.3 is 0 Å². The summed E-state index contributed by atoms with van der Waals surface area (Å²) in [5.74, 6) is 0.714. The second-order valence-corrected chi connectivity index (χ2v) is 7.79. The molecule has 0 bridgehead atoms. The van der Waals surface area contributed by atoms with Crippen LogP contribution >= 0.6 is 11.6 Å². The van der Waals surface area contributed by atoms with E-state index in [1.807, 2.05) is 0 Å². The van der Waals surface area contributed by atoms with Crippen molar-refractivity contribution in [1.82, 2.24) is 4.72 Å². The van der Waals surface area contributed by atoms with Crippen LogP contribution in [0.25, 0.3) is 0 Å². The Labute approximate surface area is 118 Å². The fourth-order valence-corrected chi connectivity index (χ4v) is 4.30. The zero-order valence-electron chi connectivity index (χ0n) is 10.5. The molecule has 0 atom stereocenters. The van der Waals surface area contributed by atoms with Crippen molar-refractivity contribution in [1.29, 1.82) is 0 Å². The highest BCUT2D eigenvalue weighted by atomic mass is 35.5. The molecular formula is C13H17ClN2O2S. The summed E-state index contributed by atoms with van der Waals surface area (Å²) in [6, 6.07) is 4.51. The van der Waals surface area contributed by atoms with Gasteiger partial charge in [-0.15, -0.1) is 0 Å². The lowest BCUT2D eigenvalue weighted by Gasteiger charge is -2.15. The van der Waals surface area contributed by atoms with Crippen molar-refractivity contribution in [2.45, 2.75) is 30.6 Å². The van der Waals surface area contributed by atoms with Gasteiger partial charge in [0.05, 0.1) is 5.02 Å². The number of nitrogen functional groups attached to an aromatic ring is 1. The molecule has 0 unspecified atom stereocenters. The van der Waals surface area contributed by atoms with Gasteiger partial charge < -0.3 is 5.73 Å². The summed E-state index contributed by atoms with van der Waals surface area (Å²) < 4.78 is 27.2. The molecule has 0 heterocycles. The maximum absolute atomic E-state index is 12.3.